The van der Waals surface area contributed by atoms with E-state index in [1.165, 1.54) is 15.9 Å². The molecule has 0 atom stereocenters. The molecule has 1 amide bonds. The van der Waals surface area contributed by atoms with Gasteiger partial charge in [-0.1, -0.05) is 36.4 Å². The maximum absolute atomic E-state index is 12.1. The molecule has 28 heavy (non-hydrogen) atoms. The number of nitrogens with zero attached hydrogens (tertiary/aromatic N) is 2. The SMILES string of the molecule is Cn1c(=O)oc2cc(-c3csc(CNC(=O)CCc4ccccc4)n3)ccc21. The van der Waals surface area contributed by atoms with Gasteiger partial charge in [0.1, 0.15) is 5.01 Å². The highest BCUT2D eigenvalue weighted by Crippen LogP contribution is 2.25. The molecule has 0 unspecified atom stereocenters. The number of hydrogen-bond acceptors (Lipinski definition) is 5. The molecular weight excluding hydrogens is 374 g/mol. The number of amides is 1. The summed E-state index contributed by atoms with van der Waals surface area (Å²) in [5.74, 6) is -0.377. The van der Waals surface area contributed by atoms with Gasteiger partial charge in [0.15, 0.2) is 5.58 Å². The first-order chi connectivity index (χ1) is 13.6. The molecule has 4 rings (SSSR count). The van der Waals surface area contributed by atoms with Crippen LogP contribution < -0.4 is 11.1 Å². The van der Waals surface area contributed by atoms with Crippen molar-refractivity contribution >= 4 is 28.3 Å². The lowest BCUT2D eigenvalue weighted by Gasteiger charge is -2.03. The first-order valence-electron chi connectivity index (χ1n) is 8.95. The van der Waals surface area contributed by atoms with Crippen molar-refractivity contribution in [2.75, 3.05) is 0 Å². The number of benzene rings is 2. The predicted octanol–water partition coefficient (Wildman–Crippen LogP) is 3.50. The van der Waals surface area contributed by atoms with Gasteiger partial charge in [0, 0.05) is 24.4 Å². The zero-order valence-corrected chi connectivity index (χ0v) is 16.2. The Morgan fingerprint density at radius 1 is 1.21 bits per heavy atom. The molecule has 7 heteroatoms. The van der Waals surface area contributed by atoms with Crippen molar-refractivity contribution < 1.29 is 9.21 Å². The van der Waals surface area contributed by atoms with E-state index in [1.807, 2.05) is 53.9 Å². The van der Waals surface area contributed by atoms with Crippen LogP contribution >= 0.6 is 11.3 Å². The topological polar surface area (TPSA) is 77.1 Å². The number of nitrogens with one attached hydrogen (secondary N) is 1. The van der Waals surface area contributed by atoms with Crippen LogP contribution in [0.15, 0.2) is 63.1 Å². The monoisotopic (exact) mass is 393 g/mol. The maximum Gasteiger partial charge on any atom is 0.419 e. The highest BCUT2D eigenvalue weighted by molar-refractivity contribution is 7.09. The highest BCUT2D eigenvalue weighted by atomic mass is 32.1. The highest BCUT2D eigenvalue weighted by Gasteiger charge is 2.10. The van der Waals surface area contributed by atoms with Crippen LogP contribution in [0.5, 0.6) is 0 Å². The number of aromatic nitrogens is 2. The molecule has 0 fully saturated rings. The minimum atomic E-state index is -0.385. The Balaban J connectivity index is 1.38. The first-order valence-corrected chi connectivity index (χ1v) is 9.83. The fraction of sp³-hybridized carbons (Fsp3) is 0.190. The van der Waals surface area contributed by atoms with Gasteiger partial charge in [-0.15, -0.1) is 11.3 Å². The summed E-state index contributed by atoms with van der Waals surface area (Å²) in [4.78, 5) is 28.3. The fourth-order valence-electron chi connectivity index (χ4n) is 2.98. The minimum Gasteiger partial charge on any atom is -0.408 e. The smallest absolute Gasteiger partial charge is 0.408 e. The normalized spacial score (nSPS) is 11.0. The third-order valence-corrected chi connectivity index (χ3v) is 5.41. The Hall–Kier alpha value is -3.19. The second-order valence-electron chi connectivity index (χ2n) is 6.50. The van der Waals surface area contributed by atoms with Crippen LogP contribution in [0.2, 0.25) is 0 Å². The van der Waals surface area contributed by atoms with Gasteiger partial charge in [0.25, 0.3) is 0 Å². The van der Waals surface area contributed by atoms with E-state index in [9.17, 15) is 9.59 Å². The van der Waals surface area contributed by atoms with Crippen molar-refractivity contribution in [2.45, 2.75) is 19.4 Å². The maximum atomic E-state index is 12.1. The molecule has 2 aromatic carbocycles. The number of carbonyl (C=O) groups is 1. The van der Waals surface area contributed by atoms with E-state index in [4.69, 9.17) is 4.42 Å². The van der Waals surface area contributed by atoms with E-state index in [0.717, 1.165) is 33.8 Å². The summed E-state index contributed by atoms with van der Waals surface area (Å²) in [7, 11) is 1.68. The molecule has 0 spiro atoms. The van der Waals surface area contributed by atoms with Gasteiger partial charge in [-0.05, 0) is 24.1 Å². The molecular formula is C21H19N3O3S. The Bertz CT molecular complexity index is 1170. The number of aryl methyl sites for hydroxylation is 2. The molecule has 0 radical (unpaired) electrons. The van der Waals surface area contributed by atoms with Gasteiger partial charge >= 0.3 is 5.76 Å². The fourth-order valence-corrected chi connectivity index (χ4v) is 3.73. The molecule has 2 aromatic heterocycles. The van der Waals surface area contributed by atoms with Crippen LogP contribution in [0.3, 0.4) is 0 Å². The molecule has 2 heterocycles. The Kier molecular flexibility index (Phi) is 5.08. The van der Waals surface area contributed by atoms with Crippen LogP contribution in [0.4, 0.5) is 0 Å². The molecule has 6 nitrogen and oxygen atoms in total. The van der Waals surface area contributed by atoms with E-state index >= 15 is 0 Å². The van der Waals surface area contributed by atoms with Gasteiger partial charge in [0.2, 0.25) is 5.91 Å². The molecule has 142 valence electrons. The number of hydrogen-bond donors (Lipinski definition) is 1. The van der Waals surface area contributed by atoms with Crippen molar-refractivity contribution in [2.24, 2.45) is 7.05 Å². The molecule has 4 aromatic rings. The van der Waals surface area contributed by atoms with Gasteiger partial charge in [-0.25, -0.2) is 9.78 Å². The van der Waals surface area contributed by atoms with E-state index in [1.54, 1.807) is 7.05 Å². The molecule has 0 saturated carbocycles. The Morgan fingerprint density at radius 2 is 2.04 bits per heavy atom. The van der Waals surface area contributed by atoms with Crippen molar-refractivity contribution in [3.8, 4) is 11.3 Å². The molecule has 0 aliphatic rings. The van der Waals surface area contributed by atoms with E-state index < -0.39 is 0 Å². The second-order valence-corrected chi connectivity index (χ2v) is 7.44. The van der Waals surface area contributed by atoms with E-state index in [-0.39, 0.29) is 11.7 Å². The van der Waals surface area contributed by atoms with E-state index in [2.05, 4.69) is 10.3 Å². The van der Waals surface area contributed by atoms with Gasteiger partial charge in [-0.2, -0.15) is 0 Å². The number of fused-ring (bicyclic) bond motifs is 1. The summed E-state index contributed by atoms with van der Waals surface area (Å²) >= 11 is 1.49. The third kappa shape index (κ3) is 3.89. The summed E-state index contributed by atoms with van der Waals surface area (Å²) in [6.07, 6.45) is 1.17. The first kappa shape index (κ1) is 18.2. The lowest BCUT2D eigenvalue weighted by molar-refractivity contribution is -0.121. The Morgan fingerprint density at radius 3 is 2.86 bits per heavy atom. The number of oxazole rings is 1. The second kappa shape index (κ2) is 7.82. The number of thiazole rings is 1. The quantitative estimate of drug-likeness (QED) is 0.544. The van der Waals surface area contributed by atoms with Crippen molar-refractivity contribution in [3.05, 3.63) is 75.0 Å². The lowest BCUT2D eigenvalue weighted by atomic mass is 10.1. The van der Waals surface area contributed by atoms with Crippen LogP contribution in [0.25, 0.3) is 22.4 Å². The minimum absolute atomic E-state index is 0.00748. The van der Waals surface area contributed by atoms with Crippen LogP contribution in [-0.4, -0.2) is 15.5 Å². The Labute approximate surface area is 165 Å². The van der Waals surface area contributed by atoms with Crippen LogP contribution in [0.1, 0.15) is 17.0 Å². The van der Waals surface area contributed by atoms with Crippen molar-refractivity contribution in [1.82, 2.24) is 14.9 Å². The number of rotatable bonds is 6. The van der Waals surface area contributed by atoms with E-state index in [0.29, 0.717) is 18.5 Å². The van der Waals surface area contributed by atoms with Crippen molar-refractivity contribution in [3.63, 3.8) is 0 Å². The summed E-state index contributed by atoms with van der Waals surface area (Å²) in [5, 5.41) is 5.69. The zero-order valence-electron chi connectivity index (χ0n) is 15.3. The third-order valence-electron chi connectivity index (χ3n) is 4.56. The lowest BCUT2D eigenvalue weighted by Crippen LogP contribution is -2.22. The zero-order chi connectivity index (χ0) is 19.5. The molecule has 0 bridgehead atoms. The van der Waals surface area contributed by atoms with Crippen LogP contribution in [0, 0.1) is 0 Å². The summed E-state index contributed by atoms with van der Waals surface area (Å²) < 4.78 is 6.70. The van der Waals surface area contributed by atoms with Gasteiger partial charge in [0.05, 0.1) is 17.8 Å². The molecule has 0 aliphatic carbocycles. The molecule has 0 saturated heterocycles. The van der Waals surface area contributed by atoms with Gasteiger partial charge < -0.3 is 9.73 Å². The average Bonchev–Trinajstić information content (AvgIpc) is 3.30. The van der Waals surface area contributed by atoms with Crippen LogP contribution in [-0.2, 0) is 24.8 Å². The largest absolute Gasteiger partial charge is 0.419 e. The summed E-state index contributed by atoms with van der Waals surface area (Å²) in [6, 6.07) is 15.5. The molecule has 0 aliphatic heterocycles. The average molecular weight is 393 g/mol. The standard InChI is InChI=1S/C21H19N3O3S/c1-24-17-9-8-15(11-18(17)27-21(24)26)16-13-28-20(23-16)12-22-19(25)10-7-14-5-3-2-4-6-14/h2-6,8-9,11,13H,7,10,12H2,1H3,(H,22,25). The predicted molar refractivity (Wildman–Crippen MR) is 109 cm³/mol. The summed E-state index contributed by atoms with van der Waals surface area (Å²) in [5.41, 5.74) is 4.10. The number of carbonyl (C=O) groups excluding carboxylic acids is 1. The summed E-state index contributed by atoms with van der Waals surface area (Å²) in [6.45, 7) is 0.404. The molecule has 1 N–H and O–H groups in total. The van der Waals surface area contributed by atoms with Crippen molar-refractivity contribution in [1.29, 1.82) is 0 Å². The van der Waals surface area contributed by atoms with Gasteiger partial charge in [-0.3, -0.25) is 9.36 Å².